The van der Waals surface area contributed by atoms with Crippen LogP contribution in [0.4, 0.5) is 0 Å². The lowest BCUT2D eigenvalue weighted by molar-refractivity contribution is -0.132. The zero-order chi connectivity index (χ0) is 14.0. The third-order valence-electron chi connectivity index (χ3n) is 4.80. The van der Waals surface area contributed by atoms with Crippen LogP contribution < -0.4 is 0 Å². The summed E-state index contributed by atoms with van der Waals surface area (Å²) in [6, 6.07) is 0.410. The van der Waals surface area contributed by atoms with E-state index in [4.69, 9.17) is 4.74 Å². The molecule has 2 heterocycles. The van der Waals surface area contributed by atoms with E-state index in [1.807, 2.05) is 11.9 Å². The summed E-state index contributed by atoms with van der Waals surface area (Å²) in [5.41, 5.74) is -0.0211. The van der Waals surface area contributed by atoms with Gasteiger partial charge in [0.15, 0.2) is 0 Å². The normalized spacial score (nSPS) is 31.1. The van der Waals surface area contributed by atoms with Crippen LogP contribution in [0, 0.1) is 5.92 Å². The van der Waals surface area contributed by atoms with E-state index in [-0.39, 0.29) is 11.5 Å². The second-order valence-corrected chi connectivity index (χ2v) is 6.55. The van der Waals surface area contributed by atoms with Crippen LogP contribution in [-0.4, -0.2) is 60.6 Å². The van der Waals surface area contributed by atoms with E-state index < -0.39 is 0 Å². The van der Waals surface area contributed by atoms with E-state index in [1.165, 1.54) is 6.42 Å². The second kappa shape index (κ2) is 5.80. The van der Waals surface area contributed by atoms with E-state index in [0.717, 1.165) is 32.5 Å². The maximum absolute atomic E-state index is 12.3. The number of likely N-dealkylation sites (tertiary alicyclic amines) is 1. The van der Waals surface area contributed by atoms with Crippen LogP contribution >= 0.6 is 0 Å². The molecule has 2 atom stereocenters. The van der Waals surface area contributed by atoms with Crippen molar-refractivity contribution >= 4 is 5.91 Å². The fourth-order valence-corrected chi connectivity index (χ4v) is 3.04. The minimum Gasteiger partial charge on any atom is -0.373 e. The molecule has 0 N–H and O–H groups in total. The molecule has 0 aromatic rings. The highest BCUT2D eigenvalue weighted by atomic mass is 16.5. The van der Waals surface area contributed by atoms with Gasteiger partial charge in [-0.05, 0) is 39.7 Å². The Balaban J connectivity index is 1.86. The van der Waals surface area contributed by atoms with Crippen LogP contribution in [-0.2, 0) is 9.53 Å². The summed E-state index contributed by atoms with van der Waals surface area (Å²) < 4.78 is 6.03. The van der Waals surface area contributed by atoms with Gasteiger partial charge in [0, 0.05) is 19.1 Å². The zero-order valence-corrected chi connectivity index (χ0v) is 12.8. The first-order valence-electron chi connectivity index (χ1n) is 7.58. The molecule has 0 bridgehead atoms. The highest BCUT2D eigenvalue weighted by Gasteiger charge is 2.46. The summed E-state index contributed by atoms with van der Waals surface area (Å²) in [4.78, 5) is 16.4. The minimum atomic E-state index is -0.0211. The van der Waals surface area contributed by atoms with Gasteiger partial charge in [0.2, 0.25) is 5.91 Å². The summed E-state index contributed by atoms with van der Waals surface area (Å²) in [5.74, 6) is 0.935. The monoisotopic (exact) mass is 268 g/mol. The lowest BCUT2D eigenvalue weighted by atomic mass is 9.92. The summed E-state index contributed by atoms with van der Waals surface area (Å²) >= 11 is 0. The summed E-state index contributed by atoms with van der Waals surface area (Å²) in [6.07, 6.45) is 3.33. The first-order chi connectivity index (χ1) is 8.96. The van der Waals surface area contributed by atoms with Crippen molar-refractivity contribution in [1.82, 2.24) is 9.80 Å². The molecule has 110 valence electrons. The summed E-state index contributed by atoms with van der Waals surface area (Å²) in [6.45, 7) is 9.52. The van der Waals surface area contributed by atoms with Crippen LogP contribution in [0.3, 0.4) is 0 Å². The molecule has 2 saturated heterocycles. The van der Waals surface area contributed by atoms with E-state index >= 15 is 0 Å². The molecule has 2 unspecified atom stereocenters. The lowest BCUT2D eigenvalue weighted by Crippen LogP contribution is -2.42. The molecule has 0 aliphatic carbocycles. The Labute approximate surface area is 117 Å². The van der Waals surface area contributed by atoms with Gasteiger partial charge in [0.05, 0.1) is 18.8 Å². The molecule has 19 heavy (non-hydrogen) atoms. The maximum atomic E-state index is 12.3. The number of hydrogen-bond donors (Lipinski definition) is 0. The molecule has 1 amide bonds. The average Bonchev–Trinajstić information content (AvgIpc) is 2.97. The van der Waals surface area contributed by atoms with Crippen molar-refractivity contribution in [3.63, 3.8) is 0 Å². The predicted octanol–water partition coefficient (Wildman–Crippen LogP) is 1.74. The molecular formula is C15H28N2O2. The first-order valence-corrected chi connectivity index (χ1v) is 7.58. The fraction of sp³-hybridized carbons (Fsp3) is 0.933. The number of hydrogen-bond acceptors (Lipinski definition) is 3. The largest absolute Gasteiger partial charge is 0.373 e. The molecule has 4 heteroatoms. The first kappa shape index (κ1) is 14.8. The van der Waals surface area contributed by atoms with Gasteiger partial charge < -0.3 is 9.64 Å². The van der Waals surface area contributed by atoms with E-state index in [0.29, 0.717) is 18.5 Å². The highest BCUT2D eigenvalue weighted by molar-refractivity contribution is 5.78. The van der Waals surface area contributed by atoms with Crippen LogP contribution in [0.15, 0.2) is 0 Å². The Hall–Kier alpha value is -0.610. The third-order valence-corrected chi connectivity index (χ3v) is 4.80. The second-order valence-electron chi connectivity index (χ2n) is 6.55. The van der Waals surface area contributed by atoms with Gasteiger partial charge >= 0.3 is 0 Å². The van der Waals surface area contributed by atoms with E-state index in [9.17, 15) is 4.79 Å². The van der Waals surface area contributed by atoms with Crippen molar-refractivity contribution in [1.29, 1.82) is 0 Å². The Morgan fingerprint density at radius 1 is 1.53 bits per heavy atom. The molecule has 0 aromatic carbocycles. The molecule has 2 aliphatic rings. The van der Waals surface area contributed by atoms with Gasteiger partial charge in [-0.1, -0.05) is 13.3 Å². The van der Waals surface area contributed by atoms with Gasteiger partial charge in [0.25, 0.3) is 0 Å². The molecule has 2 aliphatic heterocycles. The number of rotatable bonds is 4. The molecule has 4 nitrogen and oxygen atoms in total. The quantitative estimate of drug-likeness (QED) is 0.778. The molecule has 2 rings (SSSR count). The number of ether oxygens (including phenoxy) is 1. The van der Waals surface area contributed by atoms with Crippen LogP contribution in [0.2, 0.25) is 0 Å². The van der Waals surface area contributed by atoms with E-state index in [2.05, 4.69) is 25.7 Å². The van der Waals surface area contributed by atoms with Crippen molar-refractivity contribution in [2.24, 2.45) is 5.92 Å². The van der Waals surface area contributed by atoms with Crippen LogP contribution in [0.5, 0.6) is 0 Å². The number of carbonyl (C=O) groups excluding carboxylic acids is 1. The summed E-state index contributed by atoms with van der Waals surface area (Å²) in [5, 5.41) is 0. The van der Waals surface area contributed by atoms with Gasteiger partial charge in [-0.25, -0.2) is 0 Å². The Morgan fingerprint density at radius 3 is 2.84 bits per heavy atom. The highest BCUT2D eigenvalue weighted by Crippen LogP contribution is 2.38. The van der Waals surface area contributed by atoms with Crippen LogP contribution in [0.1, 0.15) is 40.0 Å². The van der Waals surface area contributed by atoms with Crippen molar-refractivity contribution in [2.75, 3.05) is 33.3 Å². The molecule has 0 radical (unpaired) electrons. The topological polar surface area (TPSA) is 32.8 Å². The van der Waals surface area contributed by atoms with Gasteiger partial charge in [-0.15, -0.1) is 0 Å². The maximum Gasteiger partial charge on any atom is 0.236 e. The lowest BCUT2D eigenvalue weighted by Gasteiger charge is -2.26. The average molecular weight is 268 g/mol. The predicted molar refractivity (Wildman–Crippen MR) is 76.0 cm³/mol. The molecule has 0 saturated carbocycles. The Kier molecular flexibility index (Phi) is 4.51. The van der Waals surface area contributed by atoms with Crippen LogP contribution in [0.25, 0.3) is 0 Å². The fourth-order valence-electron chi connectivity index (χ4n) is 3.04. The zero-order valence-electron chi connectivity index (χ0n) is 12.8. The summed E-state index contributed by atoms with van der Waals surface area (Å²) in [7, 11) is 2.01. The van der Waals surface area contributed by atoms with E-state index in [1.54, 1.807) is 0 Å². The molecular weight excluding hydrogens is 240 g/mol. The van der Waals surface area contributed by atoms with Crippen molar-refractivity contribution < 1.29 is 9.53 Å². The number of amides is 1. The molecule has 0 aromatic heterocycles. The molecule has 2 fully saturated rings. The third kappa shape index (κ3) is 3.29. The molecule has 1 spiro atoms. The number of nitrogens with zero attached hydrogens (tertiary/aromatic N) is 2. The number of likely N-dealkylation sites (N-methyl/N-ethyl adjacent to an activating group) is 1. The van der Waals surface area contributed by atoms with Gasteiger partial charge in [-0.2, -0.15) is 0 Å². The van der Waals surface area contributed by atoms with Crippen molar-refractivity contribution in [2.45, 2.75) is 51.7 Å². The minimum absolute atomic E-state index is 0.0211. The van der Waals surface area contributed by atoms with Crippen molar-refractivity contribution in [3.8, 4) is 0 Å². The Morgan fingerprint density at radius 2 is 2.26 bits per heavy atom. The van der Waals surface area contributed by atoms with Crippen molar-refractivity contribution in [3.05, 3.63) is 0 Å². The smallest absolute Gasteiger partial charge is 0.236 e. The standard InChI is InChI=1S/C15H28N2O2/c1-5-13-8-15(19-10-13)6-7-17(11-15)14(18)9-16(4)12(2)3/h12-13H,5-11H2,1-4H3. The SMILES string of the molecule is CCC1COC2(CCN(C(=O)CN(C)C(C)C)C2)C1. The number of carbonyl (C=O) groups is 1. The van der Waals surface area contributed by atoms with Gasteiger partial charge in [-0.3, -0.25) is 9.69 Å². The van der Waals surface area contributed by atoms with Gasteiger partial charge in [0.1, 0.15) is 0 Å². The Bertz CT molecular complexity index is 332.